The van der Waals surface area contributed by atoms with Crippen LogP contribution in [0.3, 0.4) is 0 Å². The highest BCUT2D eigenvalue weighted by Crippen LogP contribution is 2.26. The van der Waals surface area contributed by atoms with E-state index in [4.69, 9.17) is 4.42 Å². The van der Waals surface area contributed by atoms with Crippen molar-refractivity contribution in [3.05, 3.63) is 40.9 Å². The number of anilines is 2. The van der Waals surface area contributed by atoms with Crippen molar-refractivity contribution >= 4 is 27.4 Å². The fourth-order valence-corrected chi connectivity index (χ4v) is 2.69. The molecular formula is C14H16BrN3O. The van der Waals surface area contributed by atoms with E-state index in [0.717, 1.165) is 35.0 Å². The van der Waals surface area contributed by atoms with Crippen molar-refractivity contribution in [1.82, 2.24) is 4.98 Å². The van der Waals surface area contributed by atoms with E-state index in [1.807, 2.05) is 24.4 Å². The Hall–Kier alpha value is -1.49. The highest BCUT2D eigenvalue weighted by atomic mass is 79.9. The zero-order valence-corrected chi connectivity index (χ0v) is 12.2. The standard InChI is InChI=1S/C14H16BrN3O/c15-13-6-5-11(19-13)10-17-12-4-3-7-16-14(12)18-8-1-2-9-18/h3-7,17H,1-2,8-10H2. The van der Waals surface area contributed by atoms with Crippen molar-refractivity contribution in [2.45, 2.75) is 19.4 Å². The topological polar surface area (TPSA) is 41.3 Å². The highest BCUT2D eigenvalue weighted by molar-refractivity contribution is 9.10. The van der Waals surface area contributed by atoms with Gasteiger partial charge < -0.3 is 14.6 Å². The zero-order chi connectivity index (χ0) is 13.1. The van der Waals surface area contributed by atoms with Gasteiger partial charge in [0.1, 0.15) is 5.76 Å². The normalized spacial score (nSPS) is 14.9. The molecule has 4 nitrogen and oxygen atoms in total. The lowest BCUT2D eigenvalue weighted by atomic mass is 10.3. The Balaban J connectivity index is 1.73. The molecule has 3 rings (SSSR count). The molecule has 0 unspecified atom stereocenters. The number of hydrogen-bond donors (Lipinski definition) is 1. The number of aromatic nitrogens is 1. The van der Waals surface area contributed by atoms with Gasteiger partial charge in [-0.1, -0.05) is 0 Å². The molecule has 1 aliphatic rings. The summed E-state index contributed by atoms with van der Waals surface area (Å²) in [7, 11) is 0. The summed E-state index contributed by atoms with van der Waals surface area (Å²) in [6.45, 7) is 2.86. The minimum atomic E-state index is 0.665. The summed E-state index contributed by atoms with van der Waals surface area (Å²) in [5, 5.41) is 3.40. The van der Waals surface area contributed by atoms with Crippen molar-refractivity contribution in [1.29, 1.82) is 0 Å². The molecule has 0 atom stereocenters. The maximum absolute atomic E-state index is 5.49. The van der Waals surface area contributed by atoms with Crippen molar-refractivity contribution in [3.63, 3.8) is 0 Å². The van der Waals surface area contributed by atoms with Crippen LogP contribution in [0.5, 0.6) is 0 Å². The molecule has 1 saturated heterocycles. The average molecular weight is 322 g/mol. The first-order valence-corrected chi connectivity index (χ1v) is 7.30. The summed E-state index contributed by atoms with van der Waals surface area (Å²) in [6, 6.07) is 7.89. The van der Waals surface area contributed by atoms with Gasteiger partial charge in [0.25, 0.3) is 0 Å². The van der Waals surface area contributed by atoms with Gasteiger partial charge in [-0.15, -0.1) is 0 Å². The third-order valence-electron chi connectivity index (χ3n) is 3.27. The second-order valence-corrected chi connectivity index (χ2v) is 5.41. The summed E-state index contributed by atoms with van der Waals surface area (Å²) in [4.78, 5) is 6.84. The molecule has 1 fully saturated rings. The fourth-order valence-electron chi connectivity index (χ4n) is 2.34. The van der Waals surface area contributed by atoms with Gasteiger partial charge in [-0.3, -0.25) is 0 Å². The molecule has 100 valence electrons. The number of nitrogens with one attached hydrogen (secondary N) is 1. The van der Waals surface area contributed by atoms with Gasteiger partial charge in [0.2, 0.25) is 0 Å². The molecule has 1 N–H and O–H groups in total. The third kappa shape index (κ3) is 2.92. The van der Waals surface area contributed by atoms with E-state index in [1.54, 1.807) is 0 Å². The Morgan fingerprint density at radius 3 is 2.84 bits per heavy atom. The van der Waals surface area contributed by atoms with E-state index >= 15 is 0 Å². The SMILES string of the molecule is Brc1ccc(CNc2cccnc2N2CCCC2)o1. The summed E-state index contributed by atoms with van der Waals surface area (Å²) >= 11 is 3.31. The first kappa shape index (κ1) is 12.5. The molecule has 3 heterocycles. The maximum Gasteiger partial charge on any atom is 0.169 e. The van der Waals surface area contributed by atoms with Gasteiger partial charge in [0, 0.05) is 19.3 Å². The van der Waals surface area contributed by atoms with Crippen LogP contribution >= 0.6 is 15.9 Å². The van der Waals surface area contributed by atoms with E-state index in [0.29, 0.717) is 6.54 Å². The minimum absolute atomic E-state index is 0.665. The predicted octanol–water partition coefficient (Wildman–Crippen LogP) is 3.65. The van der Waals surface area contributed by atoms with Crippen molar-refractivity contribution < 1.29 is 4.42 Å². The van der Waals surface area contributed by atoms with E-state index in [-0.39, 0.29) is 0 Å². The quantitative estimate of drug-likeness (QED) is 0.933. The molecule has 19 heavy (non-hydrogen) atoms. The zero-order valence-electron chi connectivity index (χ0n) is 10.6. The third-order valence-corrected chi connectivity index (χ3v) is 3.70. The molecule has 0 aromatic carbocycles. The lowest BCUT2D eigenvalue weighted by molar-refractivity contribution is 0.495. The number of pyridine rings is 1. The summed E-state index contributed by atoms with van der Waals surface area (Å²) in [6.07, 6.45) is 4.35. The van der Waals surface area contributed by atoms with Crippen molar-refractivity contribution in [2.24, 2.45) is 0 Å². The predicted molar refractivity (Wildman–Crippen MR) is 79.4 cm³/mol. The molecular weight excluding hydrogens is 306 g/mol. The largest absolute Gasteiger partial charge is 0.452 e. The monoisotopic (exact) mass is 321 g/mol. The molecule has 2 aromatic rings. The summed E-state index contributed by atoms with van der Waals surface area (Å²) < 4.78 is 6.25. The van der Waals surface area contributed by atoms with Crippen LogP contribution in [0.4, 0.5) is 11.5 Å². The van der Waals surface area contributed by atoms with Crippen LogP contribution in [0.2, 0.25) is 0 Å². The van der Waals surface area contributed by atoms with E-state index in [9.17, 15) is 0 Å². The van der Waals surface area contributed by atoms with Crippen LogP contribution in [0.1, 0.15) is 18.6 Å². The van der Waals surface area contributed by atoms with Crippen LogP contribution in [-0.4, -0.2) is 18.1 Å². The molecule has 5 heteroatoms. The summed E-state index contributed by atoms with van der Waals surface area (Å²) in [5.41, 5.74) is 1.07. The van der Waals surface area contributed by atoms with Crippen molar-refractivity contribution in [3.8, 4) is 0 Å². The lowest BCUT2D eigenvalue weighted by Crippen LogP contribution is -2.20. The second kappa shape index (κ2) is 5.65. The van der Waals surface area contributed by atoms with Gasteiger partial charge in [0.15, 0.2) is 10.5 Å². The number of rotatable bonds is 4. The number of furan rings is 1. The fraction of sp³-hybridized carbons (Fsp3) is 0.357. The molecule has 0 amide bonds. The molecule has 0 spiro atoms. The van der Waals surface area contributed by atoms with Crippen molar-refractivity contribution in [2.75, 3.05) is 23.3 Å². The number of hydrogen-bond acceptors (Lipinski definition) is 4. The first-order chi connectivity index (χ1) is 9.33. The Morgan fingerprint density at radius 2 is 2.11 bits per heavy atom. The van der Waals surface area contributed by atoms with Crippen LogP contribution < -0.4 is 10.2 Å². The molecule has 0 bridgehead atoms. The lowest BCUT2D eigenvalue weighted by Gasteiger charge is -2.20. The van der Waals surface area contributed by atoms with Gasteiger partial charge in [-0.05, 0) is 53.0 Å². The van der Waals surface area contributed by atoms with Gasteiger partial charge in [0.05, 0.1) is 12.2 Å². The Labute approximate surface area is 120 Å². The van der Waals surface area contributed by atoms with Crippen LogP contribution in [0.15, 0.2) is 39.5 Å². The molecule has 0 saturated carbocycles. The van der Waals surface area contributed by atoms with E-state index in [1.165, 1.54) is 12.8 Å². The Morgan fingerprint density at radius 1 is 1.26 bits per heavy atom. The van der Waals surface area contributed by atoms with Crippen LogP contribution in [0.25, 0.3) is 0 Å². The average Bonchev–Trinajstić information content (AvgIpc) is 3.08. The Kier molecular flexibility index (Phi) is 3.73. The van der Waals surface area contributed by atoms with Crippen LogP contribution in [0, 0.1) is 0 Å². The highest BCUT2D eigenvalue weighted by Gasteiger charge is 2.16. The molecule has 1 aliphatic heterocycles. The Bertz CT molecular complexity index is 549. The molecule has 2 aromatic heterocycles. The molecule has 0 radical (unpaired) electrons. The summed E-state index contributed by atoms with van der Waals surface area (Å²) in [5.74, 6) is 1.95. The van der Waals surface area contributed by atoms with E-state index < -0.39 is 0 Å². The van der Waals surface area contributed by atoms with Gasteiger partial charge in [-0.25, -0.2) is 4.98 Å². The van der Waals surface area contributed by atoms with E-state index in [2.05, 4.69) is 37.2 Å². The first-order valence-electron chi connectivity index (χ1n) is 6.51. The second-order valence-electron chi connectivity index (χ2n) is 4.63. The van der Waals surface area contributed by atoms with Gasteiger partial charge >= 0.3 is 0 Å². The maximum atomic E-state index is 5.49. The number of nitrogens with zero attached hydrogens (tertiary/aromatic N) is 2. The minimum Gasteiger partial charge on any atom is -0.452 e. The van der Waals surface area contributed by atoms with Gasteiger partial charge in [-0.2, -0.15) is 0 Å². The molecule has 0 aliphatic carbocycles. The number of halogens is 1. The smallest absolute Gasteiger partial charge is 0.169 e. The van der Waals surface area contributed by atoms with Crippen LogP contribution in [-0.2, 0) is 6.54 Å².